The van der Waals surface area contributed by atoms with Gasteiger partial charge in [-0.3, -0.25) is 0 Å². The maximum Gasteiger partial charge on any atom is 0.137 e. The van der Waals surface area contributed by atoms with Crippen molar-refractivity contribution >= 4 is 16.6 Å². The molecule has 0 N–H and O–H groups in total. The largest absolute Gasteiger partial charge is 0.304 e. The Hall–Kier alpha value is -3.47. The molecule has 2 aromatic carbocycles. The van der Waals surface area contributed by atoms with Crippen LogP contribution in [0.15, 0.2) is 79.3 Å². The number of nitrogens with zero attached hydrogens (tertiary/aromatic N) is 4. The number of hydrogen-bond acceptors (Lipinski definition) is 2. The Balaban J connectivity index is 1.63. The Bertz CT molecular complexity index is 1200. The molecule has 0 fully saturated rings. The zero-order valence-electron chi connectivity index (χ0n) is 13.2. The molecule has 0 aliphatic carbocycles. The van der Waals surface area contributed by atoms with Crippen LogP contribution in [0.5, 0.6) is 0 Å². The van der Waals surface area contributed by atoms with Gasteiger partial charge in [0.2, 0.25) is 0 Å². The molecule has 3 aromatic heterocycles. The van der Waals surface area contributed by atoms with E-state index in [0.29, 0.717) is 0 Å². The molecule has 5 rings (SSSR count). The maximum atomic E-state index is 13.1. The van der Waals surface area contributed by atoms with Crippen molar-refractivity contribution in [3.63, 3.8) is 0 Å². The first kappa shape index (κ1) is 13.9. The molecule has 0 saturated heterocycles. The summed E-state index contributed by atoms with van der Waals surface area (Å²) < 4.78 is 17.0. The van der Waals surface area contributed by atoms with E-state index in [-0.39, 0.29) is 5.82 Å². The predicted molar refractivity (Wildman–Crippen MR) is 95.2 cm³/mol. The van der Waals surface area contributed by atoms with E-state index in [9.17, 15) is 4.39 Å². The highest BCUT2D eigenvalue weighted by atomic mass is 19.1. The minimum atomic E-state index is -0.250. The van der Waals surface area contributed by atoms with Gasteiger partial charge in [-0.05, 0) is 42.5 Å². The fourth-order valence-electron chi connectivity index (χ4n) is 3.04. The van der Waals surface area contributed by atoms with Crippen molar-refractivity contribution < 1.29 is 4.39 Å². The van der Waals surface area contributed by atoms with E-state index in [1.807, 2.05) is 64.1 Å². The Morgan fingerprint density at radius 1 is 0.840 bits per heavy atom. The van der Waals surface area contributed by atoms with Crippen LogP contribution in [0.1, 0.15) is 0 Å². The van der Waals surface area contributed by atoms with Gasteiger partial charge >= 0.3 is 0 Å². The van der Waals surface area contributed by atoms with Crippen LogP contribution in [0, 0.1) is 5.82 Å². The molecule has 3 heterocycles. The van der Waals surface area contributed by atoms with Crippen LogP contribution in [-0.4, -0.2) is 19.2 Å². The van der Waals surface area contributed by atoms with Crippen LogP contribution >= 0.6 is 0 Å². The van der Waals surface area contributed by atoms with Crippen molar-refractivity contribution in [1.82, 2.24) is 19.2 Å². The van der Waals surface area contributed by atoms with Gasteiger partial charge in [-0.2, -0.15) is 5.10 Å². The molecule has 0 aliphatic heterocycles. The van der Waals surface area contributed by atoms with Crippen LogP contribution in [0.3, 0.4) is 0 Å². The van der Waals surface area contributed by atoms with Gasteiger partial charge in [0.15, 0.2) is 0 Å². The quantitative estimate of drug-likeness (QED) is 0.479. The second kappa shape index (κ2) is 5.27. The first-order valence-corrected chi connectivity index (χ1v) is 7.96. The lowest BCUT2D eigenvalue weighted by molar-refractivity contribution is 0.628. The van der Waals surface area contributed by atoms with Crippen molar-refractivity contribution in [2.24, 2.45) is 0 Å². The molecule has 0 atom stereocenters. The van der Waals surface area contributed by atoms with Gasteiger partial charge in [0.25, 0.3) is 0 Å². The molecular formula is C20H13FN4. The first-order chi connectivity index (χ1) is 12.3. The summed E-state index contributed by atoms with van der Waals surface area (Å²) in [6.07, 6.45) is 5.80. The average molecular weight is 328 g/mol. The Kier molecular flexibility index (Phi) is 2.94. The molecule has 0 radical (unpaired) electrons. The molecule has 25 heavy (non-hydrogen) atoms. The fourth-order valence-corrected chi connectivity index (χ4v) is 3.04. The Morgan fingerprint density at radius 3 is 2.56 bits per heavy atom. The summed E-state index contributed by atoms with van der Waals surface area (Å²) in [4.78, 5) is 4.61. The van der Waals surface area contributed by atoms with E-state index in [4.69, 9.17) is 0 Å². The topological polar surface area (TPSA) is 35.1 Å². The summed E-state index contributed by atoms with van der Waals surface area (Å²) in [6.45, 7) is 0. The number of rotatable bonds is 2. The van der Waals surface area contributed by atoms with E-state index in [0.717, 1.165) is 33.5 Å². The number of para-hydroxylation sites is 1. The molecule has 0 amide bonds. The van der Waals surface area contributed by atoms with Crippen LogP contribution in [-0.2, 0) is 0 Å². The van der Waals surface area contributed by atoms with Gasteiger partial charge in [-0.25, -0.2) is 14.1 Å². The first-order valence-electron chi connectivity index (χ1n) is 7.96. The van der Waals surface area contributed by atoms with E-state index in [2.05, 4.69) is 10.1 Å². The van der Waals surface area contributed by atoms with E-state index < -0.39 is 0 Å². The maximum absolute atomic E-state index is 13.1. The van der Waals surface area contributed by atoms with Crippen LogP contribution in [0.2, 0.25) is 0 Å². The number of imidazole rings is 1. The summed E-state index contributed by atoms with van der Waals surface area (Å²) in [5.41, 5.74) is 4.54. The minimum absolute atomic E-state index is 0.250. The second-order valence-electron chi connectivity index (χ2n) is 5.90. The van der Waals surface area contributed by atoms with E-state index in [1.54, 1.807) is 12.1 Å². The monoisotopic (exact) mass is 328 g/mol. The number of halogens is 1. The summed E-state index contributed by atoms with van der Waals surface area (Å²) >= 11 is 0. The van der Waals surface area contributed by atoms with Crippen LogP contribution in [0.4, 0.5) is 4.39 Å². The van der Waals surface area contributed by atoms with Gasteiger partial charge in [0.1, 0.15) is 11.5 Å². The number of pyridine rings is 1. The smallest absolute Gasteiger partial charge is 0.137 e. The number of fused-ring (bicyclic) bond motifs is 2. The summed E-state index contributed by atoms with van der Waals surface area (Å²) in [5.74, 6) is -0.250. The summed E-state index contributed by atoms with van der Waals surface area (Å²) in [7, 11) is 0. The molecule has 0 saturated carbocycles. The lowest BCUT2D eigenvalue weighted by atomic mass is 10.2. The highest BCUT2D eigenvalue weighted by Gasteiger charge is 2.08. The van der Waals surface area contributed by atoms with Gasteiger partial charge < -0.3 is 4.40 Å². The molecule has 120 valence electrons. The molecular weight excluding hydrogens is 315 g/mol. The molecule has 0 spiro atoms. The zero-order chi connectivity index (χ0) is 16.8. The highest BCUT2D eigenvalue weighted by Crippen LogP contribution is 2.22. The number of hydrogen-bond donors (Lipinski definition) is 0. The molecule has 0 unspecified atom stereocenters. The number of aromatic nitrogens is 4. The Labute approximate surface area is 142 Å². The molecule has 5 heteroatoms. The third-order valence-electron chi connectivity index (χ3n) is 4.30. The standard InChI is InChI=1S/C20H13FN4/c21-16-7-5-14(6-8-16)18-13-24-12-17(9-10-20(24)23-18)25-19-4-2-1-3-15(19)11-22-25/h1-13H. The van der Waals surface area contributed by atoms with Gasteiger partial charge in [-0.1, -0.05) is 18.2 Å². The second-order valence-corrected chi connectivity index (χ2v) is 5.90. The fraction of sp³-hybridized carbons (Fsp3) is 0. The van der Waals surface area contributed by atoms with Gasteiger partial charge in [-0.15, -0.1) is 0 Å². The van der Waals surface area contributed by atoms with Crippen molar-refractivity contribution in [3.05, 3.63) is 85.1 Å². The summed E-state index contributed by atoms with van der Waals surface area (Å²) in [5, 5.41) is 5.59. The molecule has 4 nitrogen and oxygen atoms in total. The van der Waals surface area contributed by atoms with Crippen molar-refractivity contribution in [2.45, 2.75) is 0 Å². The average Bonchev–Trinajstić information content (AvgIpc) is 3.25. The molecule has 0 aliphatic rings. The minimum Gasteiger partial charge on any atom is -0.304 e. The lowest BCUT2D eigenvalue weighted by Crippen LogP contribution is -1.97. The third-order valence-corrected chi connectivity index (χ3v) is 4.30. The van der Waals surface area contributed by atoms with E-state index >= 15 is 0 Å². The Morgan fingerprint density at radius 2 is 1.68 bits per heavy atom. The SMILES string of the molecule is Fc1ccc(-c2cn3cc(-n4ncc5ccccc54)ccc3n2)cc1. The lowest BCUT2D eigenvalue weighted by Gasteiger charge is -2.04. The van der Waals surface area contributed by atoms with Gasteiger partial charge in [0.05, 0.1) is 23.1 Å². The summed E-state index contributed by atoms with van der Waals surface area (Å²) in [6, 6.07) is 18.4. The highest BCUT2D eigenvalue weighted by molar-refractivity contribution is 5.80. The zero-order valence-corrected chi connectivity index (χ0v) is 13.2. The normalized spacial score (nSPS) is 11.4. The van der Waals surface area contributed by atoms with Crippen LogP contribution in [0.25, 0.3) is 33.5 Å². The van der Waals surface area contributed by atoms with Gasteiger partial charge in [0, 0.05) is 23.3 Å². The van der Waals surface area contributed by atoms with E-state index in [1.165, 1.54) is 12.1 Å². The van der Waals surface area contributed by atoms with Crippen LogP contribution < -0.4 is 0 Å². The number of benzene rings is 2. The molecule has 5 aromatic rings. The molecule has 0 bridgehead atoms. The van der Waals surface area contributed by atoms with Crippen molar-refractivity contribution in [3.8, 4) is 16.9 Å². The van der Waals surface area contributed by atoms with Crippen molar-refractivity contribution in [2.75, 3.05) is 0 Å². The predicted octanol–water partition coefficient (Wildman–Crippen LogP) is 4.48. The third kappa shape index (κ3) is 2.29. The van der Waals surface area contributed by atoms with Crippen molar-refractivity contribution in [1.29, 1.82) is 0 Å².